The van der Waals surface area contributed by atoms with E-state index in [0.29, 0.717) is 13.2 Å². The molecular formula is C15H18N4O2. The van der Waals surface area contributed by atoms with Gasteiger partial charge in [-0.3, -0.25) is 4.79 Å². The summed E-state index contributed by atoms with van der Waals surface area (Å²) in [5.74, 6) is 0.551. The fraction of sp³-hybridized carbons (Fsp3) is 0.267. The molecule has 6 heteroatoms. The van der Waals surface area contributed by atoms with Crippen LogP contribution >= 0.6 is 0 Å². The topological polar surface area (TPSA) is 90.1 Å². The number of carbonyl (C=O) groups excluding carboxylic acids is 1. The summed E-state index contributed by atoms with van der Waals surface area (Å²) >= 11 is 0. The van der Waals surface area contributed by atoms with E-state index in [9.17, 15) is 4.79 Å². The highest BCUT2D eigenvalue weighted by Gasteiger charge is 2.10. The molecule has 2 aromatic rings. The van der Waals surface area contributed by atoms with E-state index < -0.39 is 0 Å². The first-order chi connectivity index (χ1) is 10.1. The molecule has 0 unspecified atom stereocenters. The fourth-order valence-corrected chi connectivity index (χ4v) is 1.96. The lowest BCUT2D eigenvalue weighted by atomic mass is 10.1. The van der Waals surface area contributed by atoms with Gasteiger partial charge in [-0.05, 0) is 37.1 Å². The zero-order valence-electron chi connectivity index (χ0n) is 12.1. The Morgan fingerprint density at radius 2 is 1.86 bits per heavy atom. The van der Waals surface area contributed by atoms with Crippen molar-refractivity contribution < 1.29 is 9.53 Å². The molecule has 0 bridgehead atoms. The lowest BCUT2D eigenvalue weighted by Crippen LogP contribution is -2.29. The molecule has 0 radical (unpaired) electrons. The number of benzene rings is 1. The molecule has 110 valence electrons. The number of carbonyl (C=O) groups is 1. The highest BCUT2D eigenvalue weighted by molar-refractivity contribution is 5.96. The van der Waals surface area contributed by atoms with E-state index in [1.54, 1.807) is 0 Å². The maximum absolute atomic E-state index is 11.8. The minimum absolute atomic E-state index is 0.116. The molecule has 2 rings (SSSR count). The first-order valence-electron chi connectivity index (χ1n) is 6.62. The first-order valence-corrected chi connectivity index (χ1v) is 6.62. The molecule has 6 nitrogen and oxygen atoms in total. The van der Waals surface area contributed by atoms with Crippen molar-refractivity contribution in [3.63, 3.8) is 0 Å². The van der Waals surface area contributed by atoms with Gasteiger partial charge < -0.3 is 15.8 Å². The van der Waals surface area contributed by atoms with Gasteiger partial charge in [0.05, 0.1) is 6.54 Å². The first kappa shape index (κ1) is 14.8. The average Bonchev–Trinajstić information content (AvgIpc) is 2.43. The molecule has 0 saturated heterocycles. The minimum Gasteiger partial charge on any atom is -0.492 e. The van der Waals surface area contributed by atoms with Crippen LogP contribution in [0.4, 0.5) is 5.82 Å². The molecule has 3 N–H and O–H groups in total. The smallest absolute Gasteiger partial charge is 0.273 e. The van der Waals surface area contributed by atoms with Gasteiger partial charge in [0.1, 0.15) is 12.4 Å². The second-order valence-electron chi connectivity index (χ2n) is 4.72. The van der Waals surface area contributed by atoms with Crippen molar-refractivity contribution >= 4 is 11.7 Å². The number of anilines is 1. The number of amides is 1. The van der Waals surface area contributed by atoms with Crippen molar-refractivity contribution in [2.45, 2.75) is 13.8 Å². The molecule has 0 atom stereocenters. The average molecular weight is 286 g/mol. The third-order valence-corrected chi connectivity index (χ3v) is 2.79. The predicted molar refractivity (Wildman–Crippen MR) is 80.2 cm³/mol. The Morgan fingerprint density at radius 1 is 1.19 bits per heavy atom. The summed E-state index contributed by atoms with van der Waals surface area (Å²) in [5.41, 5.74) is 7.99. The molecule has 0 fully saturated rings. The van der Waals surface area contributed by atoms with Crippen LogP contribution in [-0.4, -0.2) is 29.0 Å². The highest BCUT2D eigenvalue weighted by atomic mass is 16.5. The number of nitrogen functional groups attached to an aromatic ring is 1. The molecular weight excluding hydrogens is 268 g/mol. The Bertz CT molecular complexity index is 623. The van der Waals surface area contributed by atoms with Gasteiger partial charge in [-0.1, -0.05) is 6.07 Å². The number of nitrogens with zero attached hydrogens (tertiary/aromatic N) is 2. The second-order valence-corrected chi connectivity index (χ2v) is 4.72. The number of aryl methyl sites for hydroxylation is 2. The summed E-state index contributed by atoms with van der Waals surface area (Å²) in [5, 5.41) is 2.69. The van der Waals surface area contributed by atoms with Crippen LogP contribution in [0.15, 0.2) is 30.6 Å². The van der Waals surface area contributed by atoms with Crippen molar-refractivity contribution in [1.82, 2.24) is 15.3 Å². The Kier molecular flexibility index (Phi) is 4.71. The molecule has 0 aliphatic rings. The summed E-state index contributed by atoms with van der Waals surface area (Å²) in [7, 11) is 0. The number of ether oxygens (including phenoxy) is 1. The van der Waals surface area contributed by atoms with E-state index in [1.807, 2.05) is 26.0 Å². The summed E-state index contributed by atoms with van der Waals surface area (Å²) < 4.78 is 5.60. The SMILES string of the molecule is Cc1cc(C)cc(OCCNC(=O)c2nccnc2N)c1. The van der Waals surface area contributed by atoms with Crippen LogP contribution in [0.25, 0.3) is 0 Å². The zero-order chi connectivity index (χ0) is 15.2. The summed E-state index contributed by atoms with van der Waals surface area (Å²) in [6.45, 7) is 4.76. The highest BCUT2D eigenvalue weighted by Crippen LogP contribution is 2.15. The Morgan fingerprint density at radius 3 is 2.52 bits per heavy atom. The minimum atomic E-state index is -0.357. The van der Waals surface area contributed by atoms with Crippen LogP contribution in [-0.2, 0) is 0 Å². The summed E-state index contributed by atoms with van der Waals surface area (Å²) in [6, 6.07) is 5.98. The lowest BCUT2D eigenvalue weighted by molar-refractivity contribution is 0.0942. The van der Waals surface area contributed by atoms with Gasteiger partial charge in [0.15, 0.2) is 11.5 Å². The van der Waals surface area contributed by atoms with Crippen molar-refractivity contribution in [3.05, 3.63) is 47.4 Å². The van der Waals surface area contributed by atoms with Gasteiger partial charge in [-0.2, -0.15) is 0 Å². The Balaban J connectivity index is 1.82. The molecule has 1 heterocycles. The maximum Gasteiger partial charge on any atom is 0.273 e. The van der Waals surface area contributed by atoms with Gasteiger partial charge >= 0.3 is 0 Å². The molecule has 1 amide bonds. The van der Waals surface area contributed by atoms with Crippen molar-refractivity contribution in [2.75, 3.05) is 18.9 Å². The van der Waals surface area contributed by atoms with Crippen LogP contribution in [0.3, 0.4) is 0 Å². The zero-order valence-corrected chi connectivity index (χ0v) is 12.1. The van der Waals surface area contributed by atoms with Crippen molar-refractivity contribution in [3.8, 4) is 5.75 Å². The van der Waals surface area contributed by atoms with Crippen LogP contribution in [0.1, 0.15) is 21.6 Å². The Labute approximate surface area is 123 Å². The van der Waals surface area contributed by atoms with Crippen LogP contribution in [0.2, 0.25) is 0 Å². The van der Waals surface area contributed by atoms with Crippen molar-refractivity contribution in [1.29, 1.82) is 0 Å². The fourth-order valence-electron chi connectivity index (χ4n) is 1.96. The van der Waals surface area contributed by atoms with E-state index in [-0.39, 0.29) is 17.4 Å². The van der Waals surface area contributed by atoms with Crippen LogP contribution in [0, 0.1) is 13.8 Å². The van der Waals surface area contributed by atoms with Gasteiger partial charge in [-0.25, -0.2) is 9.97 Å². The molecule has 0 spiro atoms. The number of hydrogen-bond donors (Lipinski definition) is 2. The molecule has 0 aliphatic carbocycles. The normalized spacial score (nSPS) is 10.2. The van der Waals surface area contributed by atoms with Crippen molar-refractivity contribution in [2.24, 2.45) is 0 Å². The van der Waals surface area contributed by atoms with E-state index in [4.69, 9.17) is 10.5 Å². The van der Waals surface area contributed by atoms with E-state index >= 15 is 0 Å². The third kappa shape index (κ3) is 4.17. The number of aromatic nitrogens is 2. The predicted octanol–water partition coefficient (Wildman–Crippen LogP) is 1.48. The van der Waals surface area contributed by atoms with Gasteiger partial charge in [0.25, 0.3) is 5.91 Å². The Hall–Kier alpha value is -2.63. The van der Waals surface area contributed by atoms with Gasteiger partial charge in [0, 0.05) is 12.4 Å². The molecule has 21 heavy (non-hydrogen) atoms. The maximum atomic E-state index is 11.8. The monoisotopic (exact) mass is 286 g/mol. The van der Waals surface area contributed by atoms with E-state index in [2.05, 4.69) is 21.4 Å². The molecule has 1 aromatic carbocycles. The van der Waals surface area contributed by atoms with Gasteiger partial charge in [-0.15, -0.1) is 0 Å². The number of nitrogens with one attached hydrogen (secondary N) is 1. The molecule has 0 saturated carbocycles. The lowest BCUT2D eigenvalue weighted by Gasteiger charge is -2.09. The molecule has 1 aromatic heterocycles. The molecule has 0 aliphatic heterocycles. The third-order valence-electron chi connectivity index (χ3n) is 2.79. The van der Waals surface area contributed by atoms with Crippen LogP contribution < -0.4 is 15.8 Å². The van der Waals surface area contributed by atoms with E-state index in [0.717, 1.165) is 16.9 Å². The summed E-state index contributed by atoms with van der Waals surface area (Å²) in [4.78, 5) is 19.6. The summed E-state index contributed by atoms with van der Waals surface area (Å²) in [6.07, 6.45) is 2.87. The largest absolute Gasteiger partial charge is 0.492 e. The number of nitrogens with two attached hydrogens (primary N) is 1. The van der Waals surface area contributed by atoms with Crippen LogP contribution in [0.5, 0.6) is 5.75 Å². The number of rotatable bonds is 5. The quantitative estimate of drug-likeness (QED) is 0.813. The number of hydrogen-bond acceptors (Lipinski definition) is 5. The second kappa shape index (κ2) is 6.69. The standard InChI is InChI=1S/C15H18N4O2/c1-10-7-11(2)9-12(8-10)21-6-5-19-15(20)13-14(16)18-4-3-17-13/h3-4,7-9H,5-6H2,1-2H3,(H2,16,18)(H,19,20). The van der Waals surface area contributed by atoms with E-state index in [1.165, 1.54) is 12.4 Å². The van der Waals surface area contributed by atoms with Gasteiger partial charge in [0.2, 0.25) is 0 Å².